The molecule has 1 fully saturated rings. The third-order valence-corrected chi connectivity index (χ3v) is 4.97. The fourth-order valence-corrected chi connectivity index (χ4v) is 3.32. The van der Waals surface area contributed by atoms with Crippen molar-refractivity contribution in [2.45, 2.75) is 53.5 Å². The Hall–Kier alpha value is -0.120. The van der Waals surface area contributed by atoms with Gasteiger partial charge in [-0.1, -0.05) is 20.8 Å². The Morgan fingerprint density at radius 3 is 2.41 bits per heavy atom. The molecule has 0 aliphatic carbocycles. The van der Waals surface area contributed by atoms with E-state index in [4.69, 9.17) is 9.73 Å². The van der Waals surface area contributed by atoms with Crippen LogP contribution in [0.4, 0.5) is 0 Å². The van der Waals surface area contributed by atoms with Gasteiger partial charge >= 0.3 is 0 Å². The minimum Gasteiger partial charge on any atom is -0.379 e. The fourth-order valence-electron chi connectivity index (χ4n) is 3.32. The zero-order valence-corrected chi connectivity index (χ0v) is 20.6. The molecule has 1 aliphatic rings. The summed E-state index contributed by atoms with van der Waals surface area (Å²) in [5.41, 5.74) is 0. The highest BCUT2D eigenvalue weighted by Gasteiger charge is 2.14. The van der Waals surface area contributed by atoms with Crippen LogP contribution in [0.5, 0.6) is 0 Å². The smallest absolute Gasteiger partial charge is 0.191 e. The highest BCUT2D eigenvalue weighted by molar-refractivity contribution is 14.0. The minimum absolute atomic E-state index is 0. The van der Waals surface area contributed by atoms with E-state index in [0.29, 0.717) is 12.0 Å². The van der Waals surface area contributed by atoms with E-state index in [2.05, 4.69) is 55.1 Å². The van der Waals surface area contributed by atoms with Gasteiger partial charge in [-0.15, -0.1) is 24.0 Å². The van der Waals surface area contributed by atoms with Crippen LogP contribution in [0.3, 0.4) is 0 Å². The van der Waals surface area contributed by atoms with E-state index in [1.54, 1.807) is 0 Å². The van der Waals surface area contributed by atoms with Crippen molar-refractivity contribution in [3.63, 3.8) is 0 Å². The summed E-state index contributed by atoms with van der Waals surface area (Å²) in [7, 11) is 0. The van der Waals surface area contributed by atoms with Gasteiger partial charge in [0.05, 0.1) is 13.2 Å². The van der Waals surface area contributed by atoms with Crippen LogP contribution in [0.2, 0.25) is 0 Å². The van der Waals surface area contributed by atoms with Gasteiger partial charge in [-0.2, -0.15) is 0 Å². The molecule has 0 aromatic heterocycles. The van der Waals surface area contributed by atoms with Gasteiger partial charge in [0.2, 0.25) is 0 Å². The first-order valence-electron chi connectivity index (χ1n) is 10.7. The van der Waals surface area contributed by atoms with Crippen LogP contribution in [-0.4, -0.2) is 87.4 Å². The summed E-state index contributed by atoms with van der Waals surface area (Å²) in [6.45, 7) is 21.3. The van der Waals surface area contributed by atoms with Gasteiger partial charge in [-0.25, -0.2) is 0 Å². The Morgan fingerprint density at radius 1 is 1.15 bits per heavy atom. The average Bonchev–Trinajstić information content (AvgIpc) is 2.64. The highest BCUT2D eigenvalue weighted by Crippen LogP contribution is 2.04. The van der Waals surface area contributed by atoms with Gasteiger partial charge in [0.15, 0.2) is 5.96 Å². The van der Waals surface area contributed by atoms with Crippen LogP contribution in [0.1, 0.15) is 47.5 Å². The molecule has 0 aromatic rings. The lowest BCUT2D eigenvalue weighted by atomic mass is 10.1. The summed E-state index contributed by atoms with van der Waals surface area (Å²) in [5, 5.41) is 6.96. The van der Waals surface area contributed by atoms with Gasteiger partial charge in [0.25, 0.3) is 0 Å². The number of rotatable bonds is 12. The van der Waals surface area contributed by atoms with Gasteiger partial charge in [0, 0.05) is 38.8 Å². The average molecular weight is 498 g/mol. The van der Waals surface area contributed by atoms with E-state index in [9.17, 15) is 0 Å². The Bertz CT molecular complexity index is 373. The van der Waals surface area contributed by atoms with Crippen molar-refractivity contribution in [1.82, 2.24) is 20.4 Å². The second-order valence-electron chi connectivity index (χ2n) is 7.45. The summed E-state index contributed by atoms with van der Waals surface area (Å²) in [6, 6.07) is 0.443. The number of hydrogen-bond donors (Lipinski definition) is 2. The van der Waals surface area contributed by atoms with Gasteiger partial charge in [0.1, 0.15) is 0 Å². The second-order valence-corrected chi connectivity index (χ2v) is 7.45. The quantitative estimate of drug-likeness (QED) is 0.247. The molecule has 0 radical (unpaired) electrons. The maximum absolute atomic E-state index is 5.42. The van der Waals surface area contributed by atoms with Crippen molar-refractivity contribution in [3.8, 4) is 0 Å². The number of halogens is 1. The lowest BCUT2D eigenvalue weighted by Gasteiger charge is -2.28. The van der Waals surface area contributed by atoms with Crippen LogP contribution in [-0.2, 0) is 4.74 Å². The summed E-state index contributed by atoms with van der Waals surface area (Å²) < 4.78 is 5.42. The third-order valence-electron chi connectivity index (χ3n) is 4.97. The molecular formula is C20H44IN5O. The molecule has 7 heteroatoms. The van der Waals surface area contributed by atoms with Crippen molar-refractivity contribution in [2.24, 2.45) is 10.9 Å². The molecule has 1 heterocycles. The topological polar surface area (TPSA) is 52.1 Å². The van der Waals surface area contributed by atoms with Gasteiger partial charge < -0.3 is 20.3 Å². The Labute approximate surface area is 184 Å². The first-order chi connectivity index (χ1) is 12.6. The predicted molar refractivity (Wildman–Crippen MR) is 127 cm³/mol. The van der Waals surface area contributed by atoms with Crippen LogP contribution in [0.15, 0.2) is 4.99 Å². The number of morpholine rings is 1. The molecule has 2 unspecified atom stereocenters. The standard InChI is InChI=1S/C20H43N5O.HI/c1-6-21-20(23-19(5)10-9-11-24(7-2)8-3)22-16-18(4)17-25-12-14-26-15-13-25;/h18-19H,6-17H2,1-5H3,(H2,21,22,23);1H. The Morgan fingerprint density at radius 2 is 1.81 bits per heavy atom. The van der Waals surface area contributed by atoms with Crippen LogP contribution in [0.25, 0.3) is 0 Å². The van der Waals surface area contributed by atoms with Gasteiger partial charge in [-0.3, -0.25) is 9.89 Å². The second kappa shape index (κ2) is 16.8. The summed E-state index contributed by atoms with van der Waals surface area (Å²) in [6.07, 6.45) is 2.40. The largest absolute Gasteiger partial charge is 0.379 e. The molecule has 27 heavy (non-hydrogen) atoms. The molecule has 0 saturated carbocycles. The van der Waals surface area contributed by atoms with E-state index >= 15 is 0 Å². The lowest BCUT2D eigenvalue weighted by molar-refractivity contribution is 0.0323. The molecule has 2 atom stereocenters. The van der Waals surface area contributed by atoms with E-state index in [-0.39, 0.29) is 24.0 Å². The molecule has 1 rings (SSSR count). The lowest BCUT2D eigenvalue weighted by Crippen LogP contribution is -2.43. The number of hydrogen-bond acceptors (Lipinski definition) is 4. The van der Waals surface area contributed by atoms with E-state index in [0.717, 1.165) is 65.0 Å². The van der Waals surface area contributed by atoms with E-state index in [1.807, 2.05) is 0 Å². The molecule has 2 N–H and O–H groups in total. The monoisotopic (exact) mass is 497 g/mol. The summed E-state index contributed by atoms with van der Waals surface area (Å²) in [4.78, 5) is 9.79. The number of nitrogens with one attached hydrogen (secondary N) is 2. The minimum atomic E-state index is 0. The summed E-state index contributed by atoms with van der Waals surface area (Å²) in [5.74, 6) is 1.51. The van der Waals surface area contributed by atoms with E-state index in [1.165, 1.54) is 19.4 Å². The van der Waals surface area contributed by atoms with Crippen LogP contribution >= 0.6 is 24.0 Å². The van der Waals surface area contributed by atoms with E-state index < -0.39 is 0 Å². The molecule has 1 saturated heterocycles. The zero-order chi connectivity index (χ0) is 19.2. The molecule has 0 aromatic carbocycles. The summed E-state index contributed by atoms with van der Waals surface area (Å²) >= 11 is 0. The van der Waals surface area contributed by atoms with Gasteiger partial charge in [-0.05, 0) is 52.2 Å². The first-order valence-corrected chi connectivity index (χ1v) is 10.7. The number of nitrogens with zero attached hydrogens (tertiary/aromatic N) is 3. The third kappa shape index (κ3) is 12.9. The van der Waals surface area contributed by atoms with Crippen molar-refractivity contribution in [3.05, 3.63) is 0 Å². The van der Waals surface area contributed by atoms with Crippen LogP contribution in [0, 0.1) is 5.92 Å². The molecule has 0 spiro atoms. The number of guanidine groups is 1. The maximum Gasteiger partial charge on any atom is 0.191 e. The fraction of sp³-hybridized carbons (Fsp3) is 0.950. The molecule has 0 bridgehead atoms. The Kier molecular flexibility index (Phi) is 16.7. The highest BCUT2D eigenvalue weighted by atomic mass is 127. The molecule has 6 nitrogen and oxygen atoms in total. The maximum atomic E-state index is 5.42. The van der Waals surface area contributed by atoms with Crippen molar-refractivity contribution in [2.75, 3.05) is 65.6 Å². The molecule has 1 aliphatic heterocycles. The number of ether oxygens (including phenoxy) is 1. The van der Waals surface area contributed by atoms with Crippen molar-refractivity contribution in [1.29, 1.82) is 0 Å². The predicted octanol–water partition coefficient (Wildman–Crippen LogP) is 2.64. The van der Waals surface area contributed by atoms with Crippen molar-refractivity contribution >= 4 is 29.9 Å². The molecule has 162 valence electrons. The Balaban J connectivity index is 0.00000676. The molecular weight excluding hydrogens is 453 g/mol. The normalized spacial score (nSPS) is 18.1. The first kappa shape index (κ1) is 26.9. The number of aliphatic imine (C=N–C) groups is 1. The SMILES string of the molecule is CCNC(=NCC(C)CN1CCOCC1)NC(C)CCCN(CC)CC.I. The zero-order valence-electron chi connectivity index (χ0n) is 18.3. The molecule has 0 amide bonds. The van der Waals surface area contributed by atoms with Crippen LogP contribution < -0.4 is 10.6 Å². The van der Waals surface area contributed by atoms with Crippen molar-refractivity contribution < 1.29 is 4.74 Å².